The van der Waals surface area contributed by atoms with Crippen LogP contribution in [0.3, 0.4) is 0 Å². The second-order valence-corrected chi connectivity index (χ2v) is 5.26. The van der Waals surface area contributed by atoms with Crippen LogP contribution in [0.15, 0.2) is 12.1 Å². The molecule has 2 rings (SSSR count). The molecule has 1 aromatic rings. The van der Waals surface area contributed by atoms with Crippen LogP contribution in [0.2, 0.25) is 0 Å². The van der Waals surface area contributed by atoms with E-state index in [0.29, 0.717) is 5.75 Å². The van der Waals surface area contributed by atoms with Gasteiger partial charge in [-0.25, -0.2) is 4.98 Å². The number of nitrogens with zero attached hydrogens (tertiary/aromatic N) is 3. The molecule has 0 unspecified atom stereocenters. The number of ether oxygens (including phenoxy) is 1. The molecule has 108 valence electrons. The fraction of sp³-hybridized carbons (Fsp3) is 0.500. The maximum atomic E-state index is 12.2. The van der Waals surface area contributed by atoms with Crippen molar-refractivity contribution in [1.29, 1.82) is 0 Å². The second kappa shape index (κ2) is 5.48. The van der Waals surface area contributed by atoms with E-state index in [1.807, 2.05) is 0 Å². The maximum Gasteiger partial charge on any atom is 0.275 e. The first-order valence-electron chi connectivity index (χ1n) is 6.51. The van der Waals surface area contributed by atoms with Crippen LogP contribution in [0, 0.1) is 0 Å². The van der Waals surface area contributed by atoms with E-state index in [1.54, 1.807) is 40.3 Å². The number of amides is 2. The third-order valence-corrected chi connectivity index (χ3v) is 2.91. The fourth-order valence-electron chi connectivity index (χ4n) is 1.62. The zero-order valence-electron chi connectivity index (χ0n) is 12.2. The summed E-state index contributed by atoms with van der Waals surface area (Å²) in [6.45, 7) is 0. The van der Waals surface area contributed by atoms with Gasteiger partial charge in [-0.2, -0.15) is 0 Å². The van der Waals surface area contributed by atoms with E-state index in [2.05, 4.69) is 4.98 Å². The van der Waals surface area contributed by atoms with E-state index in [0.717, 1.165) is 12.8 Å². The molecule has 20 heavy (non-hydrogen) atoms. The van der Waals surface area contributed by atoms with Gasteiger partial charge < -0.3 is 14.5 Å². The van der Waals surface area contributed by atoms with Crippen molar-refractivity contribution in [3.8, 4) is 5.75 Å². The summed E-state index contributed by atoms with van der Waals surface area (Å²) in [4.78, 5) is 31.1. The number of pyridine rings is 1. The molecule has 6 heteroatoms. The van der Waals surface area contributed by atoms with E-state index >= 15 is 0 Å². The van der Waals surface area contributed by atoms with Crippen molar-refractivity contribution >= 4 is 11.8 Å². The molecule has 2 amide bonds. The summed E-state index contributed by atoms with van der Waals surface area (Å²) in [5.74, 6) is -0.0636. The predicted molar refractivity (Wildman–Crippen MR) is 73.9 cm³/mol. The predicted octanol–water partition coefficient (Wildman–Crippen LogP) is 1.03. The van der Waals surface area contributed by atoms with Crippen molar-refractivity contribution in [3.05, 3.63) is 23.5 Å². The molecule has 0 aliphatic heterocycles. The third kappa shape index (κ3) is 3.07. The average molecular weight is 277 g/mol. The highest BCUT2D eigenvalue weighted by molar-refractivity contribution is 5.97. The molecule has 0 N–H and O–H groups in total. The highest BCUT2D eigenvalue weighted by Gasteiger charge is 2.27. The van der Waals surface area contributed by atoms with Gasteiger partial charge in [-0.1, -0.05) is 0 Å². The maximum absolute atomic E-state index is 12.2. The van der Waals surface area contributed by atoms with Crippen LogP contribution in [-0.2, 0) is 0 Å². The molecule has 1 heterocycles. The Morgan fingerprint density at radius 2 is 1.70 bits per heavy atom. The van der Waals surface area contributed by atoms with Gasteiger partial charge in [0.15, 0.2) is 11.4 Å². The van der Waals surface area contributed by atoms with E-state index < -0.39 is 0 Å². The lowest BCUT2D eigenvalue weighted by Gasteiger charge is -2.16. The molecular formula is C14H19N3O3. The van der Waals surface area contributed by atoms with Crippen LogP contribution in [0.5, 0.6) is 5.75 Å². The van der Waals surface area contributed by atoms with Crippen molar-refractivity contribution in [3.63, 3.8) is 0 Å². The lowest BCUT2D eigenvalue weighted by Crippen LogP contribution is -2.27. The normalized spacial score (nSPS) is 13.8. The number of carbonyl (C=O) groups excluding carboxylic acids is 2. The van der Waals surface area contributed by atoms with Gasteiger partial charge in [-0.05, 0) is 25.0 Å². The van der Waals surface area contributed by atoms with Crippen LogP contribution in [0.4, 0.5) is 0 Å². The standard InChI is InChI=1S/C14H19N3O3/c1-16(2)13(18)10-7-8-11(20-9-5-6-9)12(15-10)14(19)17(3)4/h7-9H,5-6H2,1-4H3. The van der Waals surface area contributed by atoms with Gasteiger partial charge >= 0.3 is 0 Å². The van der Waals surface area contributed by atoms with Crippen molar-refractivity contribution in [2.24, 2.45) is 0 Å². The molecule has 1 aromatic heterocycles. The highest BCUT2D eigenvalue weighted by atomic mass is 16.5. The molecule has 1 aliphatic rings. The quantitative estimate of drug-likeness (QED) is 0.824. The largest absolute Gasteiger partial charge is 0.488 e. The Balaban J connectivity index is 2.37. The first-order valence-corrected chi connectivity index (χ1v) is 6.51. The highest BCUT2D eigenvalue weighted by Crippen LogP contribution is 2.29. The van der Waals surface area contributed by atoms with Gasteiger partial charge in [0.1, 0.15) is 5.69 Å². The van der Waals surface area contributed by atoms with E-state index in [9.17, 15) is 9.59 Å². The van der Waals surface area contributed by atoms with Gasteiger partial charge in [-0.3, -0.25) is 9.59 Å². The Labute approximate surface area is 118 Å². The minimum Gasteiger partial charge on any atom is -0.488 e. The molecule has 0 saturated heterocycles. The zero-order valence-corrected chi connectivity index (χ0v) is 12.2. The molecule has 1 saturated carbocycles. The summed E-state index contributed by atoms with van der Waals surface area (Å²) in [5, 5.41) is 0. The molecule has 6 nitrogen and oxygen atoms in total. The molecule has 1 fully saturated rings. The SMILES string of the molecule is CN(C)C(=O)c1ccc(OC2CC2)c(C(=O)N(C)C)n1. The number of hydrogen-bond acceptors (Lipinski definition) is 4. The van der Waals surface area contributed by atoms with Gasteiger partial charge in [0.05, 0.1) is 6.10 Å². The number of hydrogen-bond donors (Lipinski definition) is 0. The summed E-state index contributed by atoms with van der Waals surface area (Å²) in [6.07, 6.45) is 2.16. The summed E-state index contributed by atoms with van der Waals surface area (Å²) < 4.78 is 5.69. The summed E-state index contributed by atoms with van der Waals surface area (Å²) >= 11 is 0. The van der Waals surface area contributed by atoms with E-state index in [1.165, 1.54) is 9.80 Å². The van der Waals surface area contributed by atoms with Crippen LogP contribution in [-0.4, -0.2) is 60.9 Å². The van der Waals surface area contributed by atoms with Crippen LogP contribution in [0.25, 0.3) is 0 Å². The van der Waals surface area contributed by atoms with Crippen LogP contribution in [0.1, 0.15) is 33.8 Å². The number of carbonyl (C=O) groups is 2. The Hall–Kier alpha value is -2.11. The fourth-order valence-corrected chi connectivity index (χ4v) is 1.62. The lowest BCUT2D eigenvalue weighted by atomic mass is 10.2. The van der Waals surface area contributed by atoms with E-state index in [-0.39, 0.29) is 29.3 Å². The third-order valence-electron chi connectivity index (χ3n) is 2.91. The van der Waals surface area contributed by atoms with Gasteiger partial charge in [0.25, 0.3) is 11.8 Å². The summed E-state index contributed by atoms with van der Waals surface area (Å²) in [7, 11) is 6.58. The topological polar surface area (TPSA) is 62.7 Å². The molecule has 0 atom stereocenters. The monoisotopic (exact) mass is 277 g/mol. The molecule has 0 spiro atoms. The molecule has 0 radical (unpaired) electrons. The molecule has 0 aromatic carbocycles. The minimum absolute atomic E-state index is 0.168. The summed E-state index contributed by atoms with van der Waals surface area (Å²) in [5.41, 5.74) is 0.429. The van der Waals surface area contributed by atoms with Gasteiger partial charge in [0, 0.05) is 28.2 Å². The Morgan fingerprint density at radius 3 is 2.20 bits per heavy atom. The van der Waals surface area contributed by atoms with Crippen LogP contribution < -0.4 is 4.74 Å². The second-order valence-electron chi connectivity index (χ2n) is 5.26. The van der Waals surface area contributed by atoms with Crippen LogP contribution >= 0.6 is 0 Å². The first-order chi connectivity index (χ1) is 9.40. The molecule has 1 aliphatic carbocycles. The Kier molecular flexibility index (Phi) is 3.92. The van der Waals surface area contributed by atoms with Gasteiger partial charge in [-0.15, -0.1) is 0 Å². The number of aromatic nitrogens is 1. The first kappa shape index (κ1) is 14.3. The lowest BCUT2D eigenvalue weighted by molar-refractivity contribution is 0.0811. The van der Waals surface area contributed by atoms with Crippen molar-refractivity contribution < 1.29 is 14.3 Å². The van der Waals surface area contributed by atoms with Crippen molar-refractivity contribution in [2.45, 2.75) is 18.9 Å². The van der Waals surface area contributed by atoms with E-state index in [4.69, 9.17) is 4.74 Å². The molecule has 0 bridgehead atoms. The zero-order chi connectivity index (χ0) is 14.9. The Morgan fingerprint density at radius 1 is 1.10 bits per heavy atom. The summed E-state index contributed by atoms with van der Waals surface area (Å²) in [6, 6.07) is 3.24. The Bertz CT molecular complexity index is 536. The molecular weight excluding hydrogens is 258 g/mol. The minimum atomic E-state index is -0.269. The van der Waals surface area contributed by atoms with Crippen molar-refractivity contribution in [1.82, 2.24) is 14.8 Å². The smallest absolute Gasteiger partial charge is 0.275 e. The van der Waals surface area contributed by atoms with Gasteiger partial charge in [0.2, 0.25) is 0 Å². The van der Waals surface area contributed by atoms with Crippen molar-refractivity contribution in [2.75, 3.05) is 28.2 Å². The number of rotatable bonds is 4. The average Bonchev–Trinajstić information content (AvgIpc) is 3.21.